The zero-order valence-electron chi connectivity index (χ0n) is 45.5. The van der Waals surface area contributed by atoms with Crippen LogP contribution < -0.4 is 30.3 Å². The molecular formula is C55H64N6O20. The van der Waals surface area contributed by atoms with E-state index in [1.54, 1.807) is 30.3 Å². The molecule has 26 heteroatoms. The molecule has 0 bridgehead atoms. The topological polar surface area (TPSA) is 307 Å². The lowest BCUT2D eigenvalue weighted by Gasteiger charge is -2.44. The van der Waals surface area contributed by atoms with Gasteiger partial charge in [0, 0.05) is 77.7 Å². The minimum atomic E-state index is -1.63. The summed E-state index contributed by atoms with van der Waals surface area (Å²) >= 11 is 0. The fraction of sp³-hybridized carbons (Fsp3) is 0.473. The first-order valence-electron chi connectivity index (χ1n) is 26.2. The Morgan fingerprint density at radius 2 is 1.58 bits per heavy atom. The maximum absolute atomic E-state index is 14.2. The number of carbonyl (C=O) groups is 9. The summed E-state index contributed by atoms with van der Waals surface area (Å²) in [6, 6.07) is 8.54. The third-order valence-corrected chi connectivity index (χ3v) is 13.5. The number of benzene rings is 2. The summed E-state index contributed by atoms with van der Waals surface area (Å²) in [4.78, 5) is 120. The normalized spacial score (nSPS) is 22.2. The molecule has 4 aliphatic rings. The van der Waals surface area contributed by atoms with Gasteiger partial charge >= 0.3 is 30.0 Å². The summed E-state index contributed by atoms with van der Waals surface area (Å²) in [5, 5.41) is 8.57. The Morgan fingerprint density at radius 3 is 2.28 bits per heavy atom. The summed E-state index contributed by atoms with van der Waals surface area (Å²) in [7, 11) is 3.05. The Balaban J connectivity index is 0.898. The first-order valence-corrected chi connectivity index (χ1v) is 26.2. The van der Waals surface area contributed by atoms with Gasteiger partial charge in [-0.1, -0.05) is 12.7 Å². The molecule has 2 aromatic heterocycles. The average Bonchev–Trinajstić information content (AvgIpc) is 4.20. The van der Waals surface area contributed by atoms with E-state index in [2.05, 4.69) is 22.5 Å². The number of furan rings is 1. The molecule has 0 spiro atoms. The molecule has 0 saturated carbocycles. The molecule has 3 saturated heterocycles. The Hall–Kier alpha value is -8.49. The van der Waals surface area contributed by atoms with Gasteiger partial charge in [-0.05, 0) is 74.9 Å². The highest BCUT2D eigenvalue weighted by Gasteiger charge is 2.53. The molecule has 8 rings (SSSR count). The van der Waals surface area contributed by atoms with E-state index in [1.165, 1.54) is 53.0 Å². The molecule has 81 heavy (non-hydrogen) atoms. The molecule has 8 atom stereocenters. The van der Waals surface area contributed by atoms with Crippen molar-refractivity contribution in [2.45, 2.75) is 122 Å². The van der Waals surface area contributed by atoms with Gasteiger partial charge in [0.05, 0.1) is 36.7 Å². The Labute approximate surface area is 464 Å². The van der Waals surface area contributed by atoms with Crippen molar-refractivity contribution in [3.63, 3.8) is 0 Å². The van der Waals surface area contributed by atoms with E-state index in [4.69, 9.17) is 51.8 Å². The van der Waals surface area contributed by atoms with Crippen LogP contribution in [0.3, 0.4) is 0 Å². The van der Waals surface area contributed by atoms with Crippen LogP contribution in [0.15, 0.2) is 65.7 Å². The summed E-state index contributed by atoms with van der Waals surface area (Å²) in [6.07, 6.45) is -1.27. The number of hydrogen-bond donors (Lipinski definition) is 3. The number of rotatable bonds is 20. The fourth-order valence-corrected chi connectivity index (χ4v) is 9.99. The predicted molar refractivity (Wildman–Crippen MR) is 282 cm³/mol. The zero-order chi connectivity index (χ0) is 58.1. The molecule has 434 valence electrons. The van der Waals surface area contributed by atoms with Crippen LogP contribution in [-0.2, 0) is 68.9 Å². The van der Waals surface area contributed by atoms with Crippen molar-refractivity contribution in [3.05, 3.63) is 78.3 Å². The Bertz CT molecular complexity index is 3060. The van der Waals surface area contributed by atoms with E-state index in [-0.39, 0.29) is 77.7 Å². The van der Waals surface area contributed by atoms with Gasteiger partial charge in [0.1, 0.15) is 36.6 Å². The third-order valence-electron chi connectivity index (χ3n) is 13.5. The number of ether oxygens (including phenoxy) is 10. The number of nitrogens with one attached hydrogen (secondary N) is 3. The second kappa shape index (κ2) is 26.2. The van der Waals surface area contributed by atoms with Crippen molar-refractivity contribution in [2.24, 2.45) is 7.05 Å². The maximum atomic E-state index is 14.2. The van der Waals surface area contributed by atoms with Gasteiger partial charge in [0.15, 0.2) is 42.0 Å². The van der Waals surface area contributed by atoms with Crippen LogP contribution in [-0.4, -0.2) is 152 Å². The van der Waals surface area contributed by atoms with Gasteiger partial charge in [0.2, 0.25) is 12.2 Å². The molecule has 8 unspecified atom stereocenters. The Kier molecular flexibility index (Phi) is 19.0. The summed E-state index contributed by atoms with van der Waals surface area (Å²) < 4.78 is 64.4. The molecule has 0 radical (unpaired) electrons. The maximum Gasteiger partial charge on any atom is 0.416 e. The highest BCUT2D eigenvalue weighted by molar-refractivity contribution is 6.07. The van der Waals surface area contributed by atoms with Crippen LogP contribution in [0.4, 0.5) is 21.9 Å². The number of nitrogens with zero attached hydrogens (tertiary/aromatic N) is 3. The number of amides is 5. The largest absolute Gasteiger partial charge is 0.493 e. The SMILES string of the molecule is C=CCOC(=O)N1c2cc(OCCCC(=O)Nc3cc(C(=O)Nc4ccc5oc(C(=O)NC6C(OC(C)=O)OC(COC(C)=O)C(OC(C)=O)C6OC(C)=O)cc5c4)n(C)c3)c(OC)cc2C(=O)N2CCCC2C1OC1CCCCO1. The molecule has 6 heterocycles. The molecule has 3 N–H and O–H groups in total. The monoisotopic (exact) mass is 1130 g/mol. The van der Waals surface area contributed by atoms with E-state index in [1.807, 2.05) is 0 Å². The van der Waals surface area contributed by atoms with Gasteiger partial charge in [-0.2, -0.15) is 0 Å². The lowest BCUT2D eigenvalue weighted by atomic mass is 9.96. The van der Waals surface area contributed by atoms with Crippen LogP contribution in [0.25, 0.3) is 11.0 Å². The van der Waals surface area contributed by atoms with Crippen molar-refractivity contribution in [1.82, 2.24) is 14.8 Å². The smallest absolute Gasteiger partial charge is 0.416 e. The third kappa shape index (κ3) is 14.1. The summed E-state index contributed by atoms with van der Waals surface area (Å²) in [6.45, 7) is 8.43. The number of aryl methyl sites for hydroxylation is 1. The minimum absolute atomic E-state index is 0.00172. The molecule has 3 fully saturated rings. The second-order valence-corrected chi connectivity index (χ2v) is 19.4. The van der Waals surface area contributed by atoms with Crippen molar-refractivity contribution in [3.8, 4) is 11.5 Å². The van der Waals surface area contributed by atoms with E-state index in [9.17, 15) is 43.2 Å². The van der Waals surface area contributed by atoms with Crippen LogP contribution in [0, 0.1) is 0 Å². The molecule has 5 amide bonds. The molecule has 0 aliphatic carbocycles. The fourth-order valence-electron chi connectivity index (χ4n) is 9.99. The first-order chi connectivity index (χ1) is 38.8. The number of aromatic nitrogens is 1. The van der Waals surface area contributed by atoms with Gasteiger partial charge in [0.25, 0.3) is 17.7 Å². The van der Waals surface area contributed by atoms with Gasteiger partial charge in [-0.15, -0.1) is 0 Å². The van der Waals surface area contributed by atoms with E-state index in [0.29, 0.717) is 49.2 Å². The van der Waals surface area contributed by atoms with Crippen molar-refractivity contribution < 1.29 is 94.9 Å². The second-order valence-electron chi connectivity index (χ2n) is 19.4. The van der Waals surface area contributed by atoms with Crippen LogP contribution in [0.2, 0.25) is 0 Å². The number of hydrogen-bond acceptors (Lipinski definition) is 20. The molecule has 4 aliphatic heterocycles. The van der Waals surface area contributed by atoms with Crippen LogP contribution >= 0.6 is 0 Å². The first kappa shape index (κ1) is 58.7. The number of carbonyl (C=O) groups excluding carboxylic acids is 9. The van der Waals surface area contributed by atoms with Crippen molar-refractivity contribution in [1.29, 1.82) is 0 Å². The minimum Gasteiger partial charge on any atom is -0.493 e. The van der Waals surface area contributed by atoms with E-state index >= 15 is 0 Å². The Morgan fingerprint density at radius 1 is 0.815 bits per heavy atom. The highest BCUT2D eigenvalue weighted by atomic mass is 16.7. The lowest BCUT2D eigenvalue weighted by Crippen LogP contribution is -2.67. The molecular weight excluding hydrogens is 1060 g/mol. The number of fused-ring (bicyclic) bond motifs is 3. The standard InChI is InChI=1S/C55H64N6O20/c1-8-19-74-55(70)61-38-26-42(41(71-7)25-36(38)52(69)60-18-11-13-37(60)53(61)81-46-15-9-10-20-73-46)72-21-12-14-45(66)56-35-24-39(59(6)27-35)50(67)57-34-16-17-40-33(22-34)23-43(79-40)51(68)58-47-49(77-31(4)64)48(76-30(3)63)44(28-75-29(2)62)80-54(47)78-32(5)65/h8,16-17,22-27,37,44,46-49,53-54H,1,9-15,18-21,28H2,2-7H3,(H,56,66)(H,57,67)(H,58,68). The summed E-state index contributed by atoms with van der Waals surface area (Å²) in [5.74, 6) is -5.18. The highest BCUT2D eigenvalue weighted by Crippen LogP contribution is 2.43. The molecule has 4 aromatic rings. The number of esters is 4. The van der Waals surface area contributed by atoms with Crippen molar-refractivity contribution >= 4 is 81.6 Å². The molecule has 2 aromatic carbocycles. The predicted octanol–water partition coefficient (Wildman–Crippen LogP) is 5.26. The quantitative estimate of drug-likeness (QED) is 0.0440. The number of methoxy groups -OCH3 is 1. The average molecular weight is 1130 g/mol. The van der Waals surface area contributed by atoms with Gasteiger partial charge in [-0.3, -0.25) is 38.4 Å². The zero-order valence-corrected chi connectivity index (χ0v) is 45.5. The molecule has 26 nitrogen and oxygen atoms in total. The van der Waals surface area contributed by atoms with Crippen LogP contribution in [0.1, 0.15) is 104 Å². The van der Waals surface area contributed by atoms with E-state index < -0.39 is 97.6 Å². The van der Waals surface area contributed by atoms with E-state index in [0.717, 1.165) is 40.5 Å². The van der Waals surface area contributed by atoms with Crippen molar-refractivity contribution in [2.75, 3.05) is 55.6 Å². The van der Waals surface area contributed by atoms with Gasteiger partial charge < -0.3 is 77.2 Å². The summed E-state index contributed by atoms with van der Waals surface area (Å²) in [5.41, 5.74) is 1.44. The lowest BCUT2D eigenvalue weighted by molar-refractivity contribution is -0.270. The van der Waals surface area contributed by atoms with Crippen LogP contribution in [0.5, 0.6) is 11.5 Å². The van der Waals surface area contributed by atoms with Gasteiger partial charge in [-0.25, -0.2) is 9.69 Å². The number of anilines is 3.